The zero-order valence-electron chi connectivity index (χ0n) is 18.0. The minimum atomic E-state index is -3.48. The van der Waals surface area contributed by atoms with E-state index in [0.29, 0.717) is 26.1 Å². The van der Waals surface area contributed by atoms with E-state index in [9.17, 15) is 17.6 Å². The minimum Gasteiger partial charge on any atom is -0.376 e. The summed E-state index contributed by atoms with van der Waals surface area (Å²) < 4.78 is 46.6. The van der Waals surface area contributed by atoms with Gasteiger partial charge in [-0.25, -0.2) is 17.5 Å². The third-order valence-corrected chi connectivity index (χ3v) is 7.36. The standard InChI is InChI=1S/C24H29FN2O4S/c25-20-4-1-3-19(15-20)16-27(17-22-5-2-14-31-22)24(28)13-8-18-6-11-23(12-7-18)32(29,30)26-21-9-10-21/h1,3-4,6-7,11-12,15,21-22,26H,2,5,8-10,13-14,16-17H2. The Hall–Kier alpha value is -2.29. The molecule has 172 valence electrons. The van der Waals surface area contributed by atoms with Crippen LogP contribution in [0.25, 0.3) is 0 Å². The van der Waals surface area contributed by atoms with Crippen molar-refractivity contribution in [2.24, 2.45) is 0 Å². The van der Waals surface area contributed by atoms with Crippen molar-refractivity contribution in [2.45, 2.75) is 62.1 Å². The number of nitrogens with zero attached hydrogens (tertiary/aromatic N) is 1. The largest absolute Gasteiger partial charge is 0.376 e. The summed E-state index contributed by atoms with van der Waals surface area (Å²) in [6.45, 7) is 1.53. The lowest BCUT2D eigenvalue weighted by atomic mass is 10.1. The molecule has 32 heavy (non-hydrogen) atoms. The van der Waals surface area contributed by atoms with Crippen LogP contribution in [0.3, 0.4) is 0 Å². The SMILES string of the molecule is O=C(CCc1ccc(S(=O)(=O)NC2CC2)cc1)N(Cc1cccc(F)c1)CC1CCCO1. The molecule has 0 spiro atoms. The summed E-state index contributed by atoms with van der Waals surface area (Å²) in [5.41, 5.74) is 1.64. The number of carbonyl (C=O) groups excluding carboxylic acids is 1. The van der Waals surface area contributed by atoms with E-state index in [-0.39, 0.29) is 35.2 Å². The van der Waals surface area contributed by atoms with Crippen LogP contribution in [0.2, 0.25) is 0 Å². The highest BCUT2D eigenvalue weighted by Crippen LogP contribution is 2.22. The Labute approximate surface area is 188 Å². The van der Waals surface area contributed by atoms with Crippen LogP contribution in [0.4, 0.5) is 4.39 Å². The molecule has 1 heterocycles. The van der Waals surface area contributed by atoms with Gasteiger partial charge in [-0.15, -0.1) is 0 Å². The molecule has 0 aromatic heterocycles. The monoisotopic (exact) mass is 460 g/mol. The molecular weight excluding hydrogens is 431 g/mol. The molecule has 1 amide bonds. The molecule has 8 heteroatoms. The molecule has 0 radical (unpaired) electrons. The molecule has 1 saturated carbocycles. The van der Waals surface area contributed by atoms with Crippen molar-refractivity contribution >= 4 is 15.9 Å². The number of rotatable bonds is 10. The highest BCUT2D eigenvalue weighted by molar-refractivity contribution is 7.89. The summed E-state index contributed by atoms with van der Waals surface area (Å²) in [6, 6.07) is 13.0. The van der Waals surface area contributed by atoms with Gasteiger partial charge in [-0.2, -0.15) is 0 Å². The van der Waals surface area contributed by atoms with Crippen LogP contribution in [0.5, 0.6) is 0 Å². The number of amides is 1. The number of benzene rings is 2. The fourth-order valence-electron chi connectivity index (χ4n) is 3.88. The number of halogens is 1. The number of hydrogen-bond acceptors (Lipinski definition) is 4. The fraction of sp³-hybridized carbons (Fsp3) is 0.458. The predicted molar refractivity (Wildman–Crippen MR) is 119 cm³/mol. The molecule has 1 saturated heterocycles. The lowest BCUT2D eigenvalue weighted by Crippen LogP contribution is -2.37. The number of nitrogens with one attached hydrogen (secondary N) is 1. The molecule has 6 nitrogen and oxygen atoms in total. The summed E-state index contributed by atoms with van der Waals surface area (Å²) in [5, 5.41) is 0. The van der Waals surface area contributed by atoms with Gasteiger partial charge in [0.15, 0.2) is 0 Å². The first-order chi connectivity index (χ1) is 15.4. The Morgan fingerprint density at radius 2 is 1.88 bits per heavy atom. The number of carbonyl (C=O) groups is 1. The van der Waals surface area contributed by atoms with E-state index in [0.717, 1.165) is 36.8 Å². The number of hydrogen-bond donors (Lipinski definition) is 1. The van der Waals surface area contributed by atoms with Crippen LogP contribution >= 0.6 is 0 Å². The second-order valence-electron chi connectivity index (χ2n) is 8.58. The molecule has 1 N–H and O–H groups in total. The average Bonchev–Trinajstić information content (AvgIpc) is 3.42. The van der Waals surface area contributed by atoms with Gasteiger partial charge in [0.25, 0.3) is 0 Å². The zero-order chi connectivity index (χ0) is 22.6. The minimum absolute atomic E-state index is 0.0102. The summed E-state index contributed by atoms with van der Waals surface area (Å²) in [6.07, 6.45) is 4.47. The first kappa shape index (κ1) is 22.9. The molecule has 1 unspecified atom stereocenters. The van der Waals surface area contributed by atoms with E-state index in [4.69, 9.17) is 4.74 Å². The molecule has 1 atom stereocenters. The molecule has 1 aliphatic carbocycles. The lowest BCUT2D eigenvalue weighted by Gasteiger charge is -2.26. The maximum Gasteiger partial charge on any atom is 0.240 e. The third kappa shape index (κ3) is 6.37. The summed E-state index contributed by atoms with van der Waals surface area (Å²) in [7, 11) is -3.48. The van der Waals surface area contributed by atoms with Crippen LogP contribution in [0.15, 0.2) is 53.4 Å². The Morgan fingerprint density at radius 1 is 1.09 bits per heavy atom. The van der Waals surface area contributed by atoms with Crippen molar-refractivity contribution in [1.29, 1.82) is 0 Å². The quantitative estimate of drug-likeness (QED) is 0.590. The van der Waals surface area contributed by atoms with E-state index in [1.165, 1.54) is 12.1 Å². The van der Waals surface area contributed by atoms with Gasteiger partial charge in [-0.05, 0) is 67.5 Å². The third-order valence-electron chi connectivity index (χ3n) is 5.82. The summed E-state index contributed by atoms with van der Waals surface area (Å²) >= 11 is 0. The number of sulfonamides is 1. The van der Waals surface area contributed by atoms with Crippen LogP contribution < -0.4 is 4.72 Å². The molecule has 2 aliphatic rings. The maximum absolute atomic E-state index is 13.6. The molecule has 2 aromatic rings. The Bertz CT molecular complexity index is 1030. The molecular formula is C24H29FN2O4S. The normalized spacial score (nSPS) is 18.6. The van der Waals surface area contributed by atoms with Crippen molar-refractivity contribution in [3.05, 3.63) is 65.5 Å². The van der Waals surface area contributed by atoms with Gasteiger partial charge >= 0.3 is 0 Å². The van der Waals surface area contributed by atoms with Crippen LogP contribution in [-0.2, 0) is 32.5 Å². The van der Waals surface area contributed by atoms with E-state index < -0.39 is 10.0 Å². The first-order valence-electron chi connectivity index (χ1n) is 11.1. The van der Waals surface area contributed by atoms with Gasteiger partial charge in [-0.1, -0.05) is 24.3 Å². The van der Waals surface area contributed by atoms with Crippen molar-refractivity contribution in [3.8, 4) is 0 Å². The average molecular weight is 461 g/mol. The van der Waals surface area contributed by atoms with E-state index in [2.05, 4.69) is 4.72 Å². The first-order valence-corrected chi connectivity index (χ1v) is 12.6. The van der Waals surface area contributed by atoms with E-state index >= 15 is 0 Å². The molecule has 2 fully saturated rings. The van der Waals surface area contributed by atoms with Gasteiger partial charge in [0.1, 0.15) is 5.82 Å². The molecule has 2 aromatic carbocycles. The van der Waals surface area contributed by atoms with Crippen molar-refractivity contribution in [1.82, 2.24) is 9.62 Å². The number of aryl methyl sites for hydroxylation is 1. The summed E-state index contributed by atoms with van der Waals surface area (Å²) in [5.74, 6) is -0.352. The van der Waals surface area contributed by atoms with Crippen LogP contribution in [0.1, 0.15) is 43.2 Å². The highest BCUT2D eigenvalue weighted by atomic mass is 32.2. The molecule has 4 rings (SSSR count). The van der Waals surface area contributed by atoms with Gasteiger partial charge in [0, 0.05) is 32.2 Å². The van der Waals surface area contributed by atoms with E-state index in [1.807, 2.05) is 6.07 Å². The van der Waals surface area contributed by atoms with Gasteiger partial charge < -0.3 is 9.64 Å². The van der Waals surface area contributed by atoms with Gasteiger partial charge in [0.2, 0.25) is 15.9 Å². The van der Waals surface area contributed by atoms with Crippen LogP contribution in [-0.4, -0.2) is 44.5 Å². The topological polar surface area (TPSA) is 75.7 Å². The maximum atomic E-state index is 13.6. The second kappa shape index (κ2) is 10.1. The number of ether oxygens (including phenoxy) is 1. The Kier molecular flexibility index (Phi) is 7.23. The predicted octanol–water partition coefficient (Wildman–Crippen LogP) is 3.41. The van der Waals surface area contributed by atoms with Crippen molar-refractivity contribution in [2.75, 3.05) is 13.2 Å². The van der Waals surface area contributed by atoms with Gasteiger partial charge in [-0.3, -0.25) is 4.79 Å². The van der Waals surface area contributed by atoms with Crippen molar-refractivity contribution in [3.63, 3.8) is 0 Å². The molecule has 0 bridgehead atoms. The van der Waals surface area contributed by atoms with Gasteiger partial charge in [0.05, 0.1) is 11.0 Å². The lowest BCUT2D eigenvalue weighted by molar-refractivity contribution is -0.133. The fourth-order valence-corrected chi connectivity index (χ4v) is 5.18. The smallest absolute Gasteiger partial charge is 0.240 e. The zero-order valence-corrected chi connectivity index (χ0v) is 18.8. The molecule has 1 aliphatic heterocycles. The Morgan fingerprint density at radius 3 is 2.53 bits per heavy atom. The van der Waals surface area contributed by atoms with Crippen LogP contribution in [0, 0.1) is 5.82 Å². The Balaban J connectivity index is 1.37. The highest BCUT2D eigenvalue weighted by Gasteiger charge is 2.28. The second-order valence-corrected chi connectivity index (χ2v) is 10.3. The van der Waals surface area contributed by atoms with E-state index in [1.54, 1.807) is 35.2 Å². The van der Waals surface area contributed by atoms with Crippen molar-refractivity contribution < 1.29 is 22.3 Å². The summed E-state index contributed by atoms with van der Waals surface area (Å²) in [4.78, 5) is 15.0.